The zero-order valence-electron chi connectivity index (χ0n) is 13.0. The van der Waals surface area contributed by atoms with Gasteiger partial charge < -0.3 is 10.1 Å². The molecule has 21 heavy (non-hydrogen) atoms. The third kappa shape index (κ3) is 3.13. The standard InChI is InChI=1S/C18H25NO2/c1-12(17-10-14-5-8-16(17)9-14)19-18(20)15-6-3-13(4-7-15)11-21-2/h3-4,6-7,12,14,16-17H,5,8-11H2,1-2H3,(H,19,20). The molecular formula is C18H25NO2. The third-order valence-corrected chi connectivity index (χ3v) is 5.32. The highest BCUT2D eigenvalue weighted by Gasteiger charge is 2.42. The van der Waals surface area contributed by atoms with E-state index in [1.165, 1.54) is 25.7 Å². The number of amides is 1. The van der Waals surface area contributed by atoms with E-state index < -0.39 is 0 Å². The Kier molecular flexibility index (Phi) is 4.29. The first-order valence-corrected chi connectivity index (χ1v) is 8.06. The smallest absolute Gasteiger partial charge is 0.251 e. The van der Waals surface area contributed by atoms with Crippen molar-refractivity contribution >= 4 is 5.91 Å². The molecule has 2 fully saturated rings. The summed E-state index contributed by atoms with van der Waals surface area (Å²) in [6, 6.07) is 7.97. The van der Waals surface area contributed by atoms with Crippen LogP contribution in [0.4, 0.5) is 0 Å². The van der Waals surface area contributed by atoms with E-state index in [2.05, 4.69) is 12.2 Å². The van der Waals surface area contributed by atoms with Gasteiger partial charge in [0.2, 0.25) is 0 Å². The summed E-state index contributed by atoms with van der Waals surface area (Å²) in [7, 11) is 1.68. The second kappa shape index (κ2) is 6.18. The molecule has 0 radical (unpaired) electrons. The molecule has 2 aliphatic carbocycles. The molecule has 3 heteroatoms. The van der Waals surface area contributed by atoms with Crippen LogP contribution in [-0.2, 0) is 11.3 Å². The molecule has 3 nitrogen and oxygen atoms in total. The molecule has 1 aromatic rings. The van der Waals surface area contributed by atoms with Crippen LogP contribution in [0.1, 0.15) is 48.5 Å². The van der Waals surface area contributed by atoms with Gasteiger partial charge >= 0.3 is 0 Å². The van der Waals surface area contributed by atoms with Gasteiger partial charge in [-0.3, -0.25) is 4.79 Å². The van der Waals surface area contributed by atoms with Gasteiger partial charge in [-0.05, 0) is 61.6 Å². The Hall–Kier alpha value is -1.35. The SMILES string of the molecule is COCc1ccc(C(=O)NC(C)C2CC3CCC2C3)cc1. The van der Waals surface area contributed by atoms with Gasteiger partial charge in [-0.15, -0.1) is 0 Å². The molecule has 0 saturated heterocycles. The van der Waals surface area contributed by atoms with Crippen LogP contribution in [0.15, 0.2) is 24.3 Å². The fourth-order valence-electron chi connectivity index (χ4n) is 4.22. The lowest BCUT2D eigenvalue weighted by atomic mass is 9.84. The van der Waals surface area contributed by atoms with Gasteiger partial charge in [0.25, 0.3) is 5.91 Å². The lowest BCUT2D eigenvalue weighted by molar-refractivity contribution is 0.0915. The predicted molar refractivity (Wildman–Crippen MR) is 83.0 cm³/mol. The van der Waals surface area contributed by atoms with Gasteiger partial charge in [0.1, 0.15) is 0 Å². The van der Waals surface area contributed by atoms with Crippen molar-refractivity contribution in [1.82, 2.24) is 5.32 Å². The van der Waals surface area contributed by atoms with Crippen molar-refractivity contribution in [2.45, 2.75) is 45.3 Å². The largest absolute Gasteiger partial charge is 0.380 e. The average molecular weight is 287 g/mol. The van der Waals surface area contributed by atoms with Crippen molar-refractivity contribution in [3.63, 3.8) is 0 Å². The Labute approximate surface area is 127 Å². The monoisotopic (exact) mass is 287 g/mol. The number of hydrogen-bond acceptors (Lipinski definition) is 2. The fourth-order valence-corrected chi connectivity index (χ4v) is 4.22. The van der Waals surface area contributed by atoms with Crippen molar-refractivity contribution in [3.05, 3.63) is 35.4 Å². The maximum absolute atomic E-state index is 12.3. The highest BCUT2D eigenvalue weighted by atomic mass is 16.5. The number of benzene rings is 1. The molecule has 2 aliphatic rings. The molecule has 1 aromatic carbocycles. The van der Waals surface area contributed by atoms with Crippen LogP contribution >= 0.6 is 0 Å². The third-order valence-electron chi connectivity index (χ3n) is 5.32. The number of nitrogens with one attached hydrogen (secondary N) is 1. The van der Waals surface area contributed by atoms with Gasteiger partial charge in [0, 0.05) is 18.7 Å². The van der Waals surface area contributed by atoms with E-state index in [1.807, 2.05) is 24.3 Å². The molecule has 3 rings (SSSR count). The van der Waals surface area contributed by atoms with Crippen LogP contribution in [0.2, 0.25) is 0 Å². The zero-order valence-corrected chi connectivity index (χ0v) is 13.0. The Morgan fingerprint density at radius 1 is 1.29 bits per heavy atom. The molecule has 0 heterocycles. The van der Waals surface area contributed by atoms with Gasteiger partial charge in [-0.25, -0.2) is 0 Å². The predicted octanol–water partition coefficient (Wildman–Crippen LogP) is 3.39. The number of carbonyl (C=O) groups is 1. The van der Waals surface area contributed by atoms with Crippen LogP contribution in [-0.4, -0.2) is 19.1 Å². The zero-order chi connectivity index (χ0) is 14.8. The van der Waals surface area contributed by atoms with E-state index in [1.54, 1.807) is 7.11 Å². The van der Waals surface area contributed by atoms with Crippen molar-refractivity contribution in [3.8, 4) is 0 Å². The molecule has 0 aromatic heterocycles. The molecule has 2 saturated carbocycles. The second-order valence-corrected chi connectivity index (χ2v) is 6.73. The van der Waals surface area contributed by atoms with E-state index in [-0.39, 0.29) is 11.9 Å². The second-order valence-electron chi connectivity index (χ2n) is 6.73. The summed E-state index contributed by atoms with van der Waals surface area (Å²) in [5.41, 5.74) is 1.83. The lowest BCUT2D eigenvalue weighted by Crippen LogP contribution is -2.40. The molecule has 4 unspecified atom stereocenters. The molecule has 1 N–H and O–H groups in total. The Morgan fingerprint density at radius 2 is 2.05 bits per heavy atom. The van der Waals surface area contributed by atoms with Crippen molar-refractivity contribution < 1.29 is 9.53 Å². The molecule has 1 amide bonds. The minimum absolute atomic E-state index is 0.0502. The maximum Gasteiger partial charge on any atom is 0.251 e. The number of carbonyl (C=O) groups excluding carboxylic acids is 1. The molecule has 0 aliphatic heterocycles. The van der Waals surface area contributed by atoms with Gasteiger partial charge in [-0.1, -0.05) is 18.6 Å². The Morgan fingerprint density at radius 3 is 2.62 bits per heavy atom. The van der Waals surface area contributed by atoms with Gasteiger partial charge in [0.05, 0.1) is 6.61 Å². The van der Waals surface area contributed by atoms with Gasteiger partial charge in [0.15, 0.2) is 0 Å². The summed E-state index contributed by atoms with van der Waals surface area (Å²) in [6.07, 6.45) is 5.46. The van der Waals surface area contributed by atoms with E-state index >= 15 is 0 Å². The highest BCUT2D eigenvalue weighted by molar-refractivity contribution is 5.94. The summed E-state index contributed by atoms with van der Waals surface area (Å²) < 4.78 is 5.09. The number of rotatable bonds is 5. The minimum Gasteiger partial charge on any atom is -0.380 e. The van der Waals surface area contributed by atoms with Crippen LogP contribution in [0.25, 0.3) is 0 Å². The van der Waals surface area contributed by atoms with E-state index in [4.69, 9.17) is 4.74 Å². The summed E-state index contributed by atoms with van der Waals surface area (Å²) in [4.78, 5) is 12.3. The number of hydrogen-bond donors (Lipinski definition) is 1. The molecule has 2 bridgehead atoms. The quantitative estimate of drug-likeness (QED) is 0.901. The van der Waals surface area contributed by atoms with Crippen LogP contribution < -0.4 is 5.32 Å². The first-order valence-electron chi connectivity index (χ1n) is 8.06. The van der Waals surface area contributed by atoms with Crippen LogP contribution in [0.5, 0.6) is 0 Å². The first-order chi connectivity index (χ1) is 10.2. The molecule has 4 atom stereocenters. The average Bonchev–Trinajstić information content (AvgIpc) is 3.11. The van der Waals surface area contributed by atoms with E-state index in [9.17, 15) is 4.79 Å². The minimum atomic E-state index is 0.0502. The van der Waals surface area contributed by atoms with Crippen LogP contribution in [0, 0.1) is 17.8 Å². The molecular weight excluding hydrogens is 262 g/mol. The van der Waals surface area contributed by atoms with E-state index in [0.717, 1.165) is 23.0 Å². The van der Waals surface area contributed by atoms with Gasteiger partial charge in [-0.2, -0.15) is 0 Å². The topological polar surface area (TPSA) is 38.3 Å². The number of methoxy groups -OCH3 is 1. The first kappa shape index (κ1) is 14.6. The number of ether oxygens (including phenoxy) is 1. The molecule has 0 spiro atoms. The Bertz CT molecular complexity index is 496. The summed E-state index contributed by atoms with van der Waals surface area (Å²) in [5.74, 6) is 2.50. The highest BCUT2D eigenvalue weighted by Crippen LogP contribution is 2.49. The maximum atomic E-state index is 12.3. The summed E-state index contributed by atoms with van der Waals surface area (Å²) >= 11 is 0. The summed E-state index contributed by atoms with van der Waals surface area (Å²) in [5, 5.41) is 3.20. The van der Waals surface area contributed by atoms with Crippen molar-refractivity contribution in [2.75, 3.05) is 7.11 Å². The van der Waals surface area contributed by atoms with E-state index in [0.29, 0.717) is 12.5 Å². The van der Waals surface area contributed by atoms with Crippen molar-refractivity contribution in [1.29, 1.82) is 0 Å². The van der Waals surface area contributed by atoms with Crippen molar-refractivity contribution in [2.24, 2.45) is 17.8 Å². The Balaban J connectivity index is 1.58. The van der Waals surface area contributed by atoms with Crippen LogP contribution in [0.3, 0.4) is 0 Å². The lowest BCUT2D eigenvalue weighted by Gasteiger charge is -2.28. The summed E-state index contributed by atoms with van der Waals surface area (Å²) in [6.45, 7) is 2.76. The normalized spacial score (nSPS) is 28.6. The molecule has 114 valence electrons. The fraction of sp³-hybridized carbons (Fsp3) is 0.611. The number of fused-ring (bicyclic) bond motifs is 2.